The molecule has 0 spiro atoms. The fourth-order valence-corrected chi connectivity index (χ4v) is 4.23. The summed E-state index contributed by atoms with van der Waals surface area (Å²) in [7, 11) is 0. The summed E-state index contributed by atoms with van der Waals surface area (Å²) in [6.07, 6.45) is 5.46. The van der Waals surface area contributed by atoms with Gasteiger partial charge in [0.1, 0.15) is 11.9 Å². The summed E-state index contributed by atoms with van der Waals surface area (Å²) in [5.74, 6) is 2.01. The van der Waals surface area contributed by atoms with Crippen LogP contribution < -0.4 is 0 Å². The van der Waals surface area contributed by atoms with Gasteiger partial charge in [0.05, 0.1) is 17.2 Å². The minimum atomic E-state index is -0.958. The molecule has 2 aromatic carbocycles. The number of benzene rings is 2. The van der Waals surface area contributed by atoms with Crippen LogP contribution in [0.15, 0.2) is 52.6 Å². The Hall–Kier alpha value is -3.15. The van der Waals surface area contributed by atoms with E-state index in [4.69, 9.17) is 23.0 Å². The highest BCUT2D eigenvalue weighted by molar-refractivity contribution is 7.99. The number of aromatic nitrogens is 3. The Morgan fingerprint density at radius 2 is 2.06 bits per heavy atom. The van der Waals surface area contributed by atoms with E-state index in [1.54, 1.807) is 41.0 Å². The first-order valence-electron chi connectivity index (χ1n) is 9.36. The van der Waals surface area contributed by atoms with Gasteiger partial charge >= 0.3 is 5.97 Å². The molecular formula is C22H16ClFN4O2S. The van der Waals surface area contributed by atoms with Crippen LogP contribution in [0.2, 0.25) is 5.02 Å². The van der Waals surface area contributed by atoms with E-state index in [-0.39, 0.29) is 12.8 Å². The third kappa shape index (κ3) is 4.20. The van der Waals surface area contributed by atoms with Gasteiger partial charge in [-0.15, -0.1) is 16.6 Å². The van der Waals surface area contributed by atoms with Gasteiger partial charge in [0.15, 0.2) is 11.0 Å². The predicted molar refractivity (Wildman–Crippen MR) is 118 cm³/mol. The fourth-order valence-electron chi connectivity index (χ4n) is 3.42. The molecule has 0 amide bonds. The van der Waals surface area contributed by atoms with E-state index >= 15 is 0 Å². The van der Waals surface area contributed by atoms with E-state index in [0.717, 1.165) is 0 Å². The van der Waals surface area contributed by atoms with E-state index < -0.39 is 17.8 Å². The van der Waals surface area contributed by atoms with Gasteiger partial charge in [-0.2, -0.15) is 0 Å². The highest BCUT2D eigenvalue weighted by Crippen LogP contribution is 2.36. The van der Waals surface area contributed by atoms with Crippen molar-refractivity contribution in [2.24, 2.45) is 4.99 Å². The maximum Gasteiger partial charge on any atom is 0.303 e. The second-order valence-electron chi connectivity index (χ2n) is 6.74. The molecule has 0 radical (unpaired) electrons. The zero-order valence-corrected chi connectivity index (χ0v) is 17.7. The van der Waals surface area contributed by atoms with Crippen LogP contribution in [-0.2, 0) is 4.79 Å². The number of thioether (sulfide) groups is 1. The molecule has 9 heteroatoms. The highest BCUT2D eigenvalue weighted by atomic mass is 35.5. The molecule has 0 saturated carbocycles. The number of carbonyl (C=O) groups is 1. The monoisotopic (exact) mass is 454 g/mol. The van der Waals surface area contributed by atoms with Crippen molar-refractivity contribution in [3.63, 3.8) is 0 Å². The molecule has 0 bridgehead atoms. The minimum Gasteiger partial charge on any atom is -0.481 e. The van der Waals surface area contributed by atoms with Gasteiger partial charge in [-0.1, -0.05) is 41.4 Å². The smallest absolute Gasteiger partial charge is 0.303 e. The van der Waals surface area contributed by atoms with Crippen molar-refractivity contribution in [3.8, 4) is 18.0 Å². The van der Waals surface area contributed by atoms with Crippen molar-refractivity contribution in [3.05, 3.63) is 70.3 Å². The molecular weight excluding hydrogens is 439 g/mol. The Bertz CT molecular complexity index is 1230. The number of aliphatic imine (C=N–C) groups is 1. The molecule has 0 fully saturated rings. The van der Waals surface area contributed by atoms with E-state index in [1.165, 1.54) is 17.8 Å². The van der Waals surface area contributed by atoms with Crippen LogP contribution in [0.3, 0.4) is 0 Å². The van der Waals surface area contributed by atoms with Gasteiger partial charge in [0, 0.05) is 22.6 Å². The number of nitrogens with zero attached hydrogens (tertiary/aromatic N) is 4. The number of halogens is 2. The fraction of sp³-hybridized carbons (Fsp3) is 0.182. The van der Waals surface area contributed by atoms with Crippen LogP contribution >= 0.6 is 23.4 Å². The molecule has 156 valence electrons. The van der Waals surface area contributed by atoms with Gasteiger partial charge in [0.2, 0.25) is 0 Å². The van der Waals surface area contributed by atoms with Gasteiger partial charge in [-0.05, 0) is 36.8 Å². The van der Waals surface area contributed by atoms with E-state index in [1.807, 2.05) is 0 Å². The molecule has 1 N–H and O–H groups in total. The van der Waals surface area contributed by atoms with Crippen LogP contribution in [0.1, 0.15) is 35.8 Å². The van der Waals surface area contributed by atoms with Crippen LogP contribution in [0.25, 0.3) is 5.69 Å². The first-order chi connectivity index (χ1) is 15.0. The Morgan fingerprint density at radius 1 is 1.26 bits per heavy atom. The molecule has 31 heavy (non-hydrogen) atoms. The Morgan fingerprint density at radius 3 is 2.81 bits per heavy atom. The lowest BCUT2D eigenvalue weighted by Crippen LogP contribution is -2.09. The van der Waals surface area contributed by atoms with Crippen molar-refractivity contribution >= 4 is 35.0 Å². The van der Waals surface area contributed by atoms with Crippen molar-refractivity contribution in [2.45, 2.75) is 24.0 Å². The summed E-state index contributed by atoms with van der Waals surface area (Å²) >= 11 is 7.61. The lowest BCUT2D eigenvalue weighted by atomic mass is 10.00. The number of carboxylic acid groups (broad SMARTS) is 1. The first-order valence-corrected chi connectivity index (χ1v) is 10.7. The summed E-state index contributed by atoms with van der Waals surface area (Å²) in [4.78, 5) is 16.0. The topological polar surface area (TPSA) is 80.4 Å². The third-order valence-electron chi connectivity index (χ3n) is 4.74. The number of carboxylic acids is 1. The maximum atomic E-state index is 14.8. The van der Waals surface area contributed by atoms with Gasteiger partial charge < -0.3 is 5.11 Å². The summed E-state index contributed by atoms with van der Waals surface area (Å²) in [6, 6.07) is 10.9. The normalized spacial score (nSPS) is 14.7. The zero-order valence-electron chi connectivity index (χ0n) is 16.1. The molecule has 1 aliphatic heterocycles. The number of aliphatic carboxylic acids is 1. The van der Waals surface area contributed by atoms with Crippen LogP contribution in [0, 0.1) is 18.2 Å². The summed E-state index contributed by atoms with van der Waals surface area (Å²) in [5.41, 5.74) is 1.94. The number of hydrogen-bond acceptors (Lipinski definition) is 5. The van der Waals surface area contributed by atoms with E-state index in [9.17, 15) is 14.3 Å². The average Bonchev–Trinajstić information content (AvgIpc) is 3.11. The van der Waals surface area contributed by atoms with E-state index in [2.05, 4.69) is 16.1 Å². The highest BCUT2D eigenvalue weighted by Gasteiger charge is 2.30. The second kappa shape index (κ2) is 8.92. The van der Waals surface area contributed by atoms with Gasteiger partial charge in [-0.3, -0.25) is 14.4 Å². The van der Waals surface area contributed by atoms with Crippen LogP contribution in [-0.4, -0.2) is 37.3 Å². The van der Waals surface area contributed by atoms with Gasteiger partial charge in [0.25, 0.3) is 0 Å². The van der Waals surface area contributed by atoms with Gasteiger partial charge in [-0.25, -0.2) is 4.39 Å². The Kier molecular flexibility index (Phi) is 6.07. The van der Waals surface area contributed by atoms with Crippen LogP contribution in [0.4, 0.5) is 4.39 Å². The Balaban J connectivity index is 1.98. The van der Waals surface area contributed by atoms with Crippen molar-refractivity contribution < 1.29 is 14.3 Å². The number of terminal acetylenes is 1. The number of hydrogen-bond donors (Lipinski definition) is 1. The second-order valence-corrected chi connectivity index (χ2v) is 8.12. The quantitative estimate of drug-likeness (QED) is 0.437. The SMILES string of the molecule is C#CCSc1nnc2n1-c1ccc(Cl)cc1C(c1ccccc1F)=N[C@H]2CCC(=O)O. The standard InChI is InChI=1S/C22H16ClFN4O2S/c1-2-11-31-22-27-26-21-17(8-10-19(29)30)25-20(14-5-3-4-6-16(14)24)15-12-13(23)7-9-18(15)28(21)22/h1,3-7,9,12,17H,8,10-11H2,(H,29,30)/t17-/m0/s1. The molecule has 0 unspecified atom stereocenters. The summed E-state index contributed by atoms with van der Waals surface area (Å²) < 4.78 is 16.6. The molecule has 4 rings (SSSR count). The van der Waals surface area contributed by atoms with Crippen molar-refractivity contribution in [1.29, 1.82) is 0 Å². The molecule has 1 atom stereocenters. The Labute approximate surface area is 187 Å². The summed E-state index contributed by atoms with van der Waals surface area (Å²) in [6.45, 7) is 0. The molecule has 0 saturated heterocycles. The first kappa shape index (κ1) is 21.1. The average molecular weight is 455 g/mol. The van der Waals surface area contributed by atoms with Crippen molar-refractivity contribution in [2.75, 3.05) is 5.75 Å². The van der Waals surface area contributed by atoms with Crippen molar-refractivity contribution in [1.82, 2.24) is 14.8 Å². The molecule has 6 nitrogen and oxygen atoms in total. The molecule has 0 aliphatic carbocycles. The van der Waals surface area contributed by atoms with Crippen LogP contribution in [0.5, 0.6) is 0 Å². The number of rotatable bonds is 6. The lowest BCUT2D eigenvalue weighted by Gasteiger charge is -2.14. The maximum absolute atomic E-state index is 14.8. The molecule has 2 heterocycles. The molecule has 1 aromatic heterocycles. The molecule has 3 aromatic rings. The predicted octanol–water partition coefficient (Wildman–Crippen LogP) is 4.54. The largest absolute Gasteiger partial charge is 0.481 e. The lowest BCUT2D eigenvalue weighted by molar-refractivity contribution is -0.137. The molecule has 1 aliphatic rings. The third-order valence-corrected chi connectivity index (χ3v) is 5.81. The summed E-state index contributed by atoms with van der Waals surface area (Å²) in [5, 5.41) is 18.8. The van der Waals surface area contributed by atoms with E-state index in [0.29, 0.717) is 44.3 Å². The number of fused-ring (bicyclic) bond motifs is 3. The minimum absolute atomic E-state index is 0.129. The zero-order chi connectivity index (χ0) is 22.0.